The SMILES string of the molecule is Cc1nc(CC(F)C(CN)C(C)C)sc1C. The normalized spacial score (nSPS) is 15.4. The number of rotatable bonds is 5. The van der Waals surface area contributed by atoms with Crippen LogP contribution < -0.4 is 5.73 Å². The molecule has 0 aromatic carbocycles. The van der Waals surface area contributed by atoms with Crippen LogP contribution in [0.15, 0.2) is 0 Å². The molecule has 0 radical (unpaired) electrons. The quantitative estimate of drug-likeness (QED) is 0.865. The molecule has 1 aromatic heterocycles. The lowest BCUT2D eigenvalue weighted by Gasteiger charge is -2.22. The Kier molecular flexibility index (Phi) is 4.87. The summed E-state index contributed by atoms with van der Waals surface area (Å²) in [6.45, 7) is 8.42. The zero-order chi connectivity index (χ0) is 12.3. The zero-order valence-corrected chi connectivity index (χ0v) is 11.3. The maximum absolute atomic E-state index is 14.0. The van der Waals surface area contributed by atoms with Crippen molar-refractivity contribution in [2.45, 2.75) is 40.3 Å². The molecule has 2 N–H and O–H groups in total. The molecule has 0 saturated heterocycles. The fourth-order valence-corrected chi connectivity index (χ4v) is 2.75. The molecule has 0 aliphatic carbocycles. The van der Waals surface area contributed by atoms with E-state index in [1.54, 1.807) is 11.3 Å². The van der Waals surface area contributed by atoms with E-state index in [2.05, 4.69) is 4.98 Å². The van der Waals surface area contributed by atoms with Crippen molar-refractivity contribution < 1.29 is 4.39 Å². The van der Waals surface area contributed by atoms with Crippen molar-refractivity contribution in [3.63, 3.8) is 0 Å². The van der Waals surface area contributed by atoms with Gasteiger partial charge in [0.1, 0.15) is 6.17 Å². The minimum absolute atomic E-state index is 0.0653. The topological polar surface area (TPSA) is 38.9 Å². The number of alkyl halides is 1. The van der Waals surface area contributed by atoms with E-state index < -0.39 is 6.17 Å². The largest absolute Gasteiger partial charge is 0.330 e. The molecule has 2 nitrogen and oxygen atoms in total. The first-order valence-electron chi connectivity index (χ1n) is 5.72. The number of aryl methyl sites for hydroxylation is 2. The Morgan fingerprint density at radius 3 is 2.38 bits per heavy atom. The average molecular weight is 244 g/mol. The average Bonchev–Trinajstić information content (AvgIpc) is 2.45. The van der Waals surface area contributed by atoms with E-state index in [4.69, 9.17) is 5.73 Å². The van der Waals surface area contributed by atoms with Crippen molar-refractivity contribution in [1.82, 2.24) is 4.98 Å². The Labute approximate surface area is 101 Å². The summed E-state index contributed by atoms with van der Waals surface area (Å²) in [6.07, 6.45) is -0.477. The van der Waals surface area contributed by atoms with E-state index in [1.807, 2.05) is 27.7 Å². The highest BCUT2D eigenvalue weighted by atomic mass is 32.1. The van der Waals surface area contributed by atoms with E-state index in [9.17, 15) is 4.39 Å². The van der Waals surface area contributed by atoms with E-state index >= 15 is 0 Å². The van der Waals surface area contributed by atoms with E-state index in [-0.39, 0.29) is 11.8 Å². The summed E-state index contributed by atoms with van der Waals surface area (Å²) in [5.74, 6) is 0.215. The number of hydrogen-bond acceptors (Lipinski definition) is 3. The number of halogens is 1. The second kappa shape index (κ2) is 5.73. The van der Waals surface area contributed by atoms with Crippen LogP contribution in [0.2, 0.25) is 0 Å². The van der Waals surface area contributed by atoms with Crippen LogP contribution >= 0.6 is 11.3 Å². The summed E-state index contributed by atoms with van der Waals surface area (Å²) in [6, 6.07) is 0. The lowest BCUT2D eigenvalue weighted by molar-refractivity contribution is 0.185. The molecule has 0 fully saturated rings. The minimum atomic E-state index is -0.880. The van der Waals surface area contributed by atoms with Gasteiger partial charge in [-0.15, -0.1) is 11.3 Å². The molecule has 0 amide bonds. The van der Waals surface area contributed by atoms with Crippen LogP contribution in [0, 0.1) is 25.7 Å². The summed E-state index contributed by atoms with van der Waals surface area (Å²) in [5, 5.41) is 0.890. The van der Waals surface area contributed by atoms with E-state index in [1.165, 1.54) is 4.88 Å². The van der Waals surface area contributed by atoms with E-state index in [0.29, 0.717) is 13.0 Å². The van der Waals surface area contributed by atoms with E-state index in [0.717, 1.165) is 10.7 Å². The third-order valence-electron chi connectivity index (χ3n) is 3.04. The standard InChI is InChI=1S/C12H21FN2S/c1-7(2)10(6-14)11(13)5-12-15-8(3)9(4)16-12/h7,10-11H,5-6,14H2,1-4H3. The summed E-state index contributed by atoms with van der Waals surface area (Å²) in [5.41, 5.74) is 6.62. The number of aromatic nitrogens is 1. The van der Waals surface area contributed by atoms with Crippen LogP contribution in [-0.2, 0) is 6.42 Å². The third kappa shape index (κ3) is 3.25. The molecule has 0 saturated carbocycles. The predicted octanol–water partition coefficient (Wildman–Crippen LogP) is 2.87. The van der Waals surface area contributed by atoms with Crippen LogP contribution in [0.4, 0.5) is 4.39 Å². The van der Waals surface area contributed by atoms with Gasteiger partial charge in [-0.25, -0.2) is 9.37 Å². The number of thiazole rings is 1. The van der Waals surface area contributed by atoms with Gasteiger partial charge >= 0.3 is 0 Å². The van der Waals surface area contributed by atoms with Gasteiger partial charge in [-0.3, -0.25) is 0 Å². The fraction of sp³-hybridized carbons (Fsp3) is 0.750. The highest BCUT2D eigenvalue weighted by Gasteiger charge is 2.24. The lowest BCUT2D eigenvalue weighted by Crippen LogP contribution is -2.30. The van der Waals surface area contributed by atoms with Crippen molar-refractivity contribution >= 4 is 11.3 Å². The lowest BCUT2D eigenvalue weighted by atomic mass is 9.90. The van der Waals surface area contributed by atoms with Crippen molar-refractivity contribution in [3.05, 3.63) is 15.6 Å². The maximum atomic E-state index is 14.0. The Morgan fingerprint density at radius 1 is 1.38 bits per heavy atom. The molecular formula is C12H21FN2S. The Balaban J connectivity index is 2.66. The van der Waals surface area contributed by atoms with Crippen LogP contribution in [0.1, 0.15) is 29.4 Å². The number of nitrogens with two attached hydrogens (primary N) is 1. The predicted molar refractivity (Wildman–Crippen MR) is 67.6 cm³/mol. The smallest absolute Gasteiger partial charge is 0.111 e. The molecule has 1 heterocycles. The van der Waals surface area contributed by atoms with Crippen molar-refractivity contribution in [3.8, 4) is 0 Å². The van der Waals surface area contributed by atoms with Gasteiger partial charge in [-0.05, 0) is 26.3 Å². The highest BCUT2D eigenvalue weighted by molar-refractivity contribution is 7.11. The van der Waals surface area contributed by atoms with Crippen LogP contribution in [0.5, 0.6) is 0 Å². The zero-order valence-electron chi connectivity index (χ0n) is 10.5. The van der Waals surface area contributed by atoms with Gasteiger partial charge in [-0.2, -0.15) is 0 Å². The molecule has 92 valence electrons. The first-order chi connectivity index (χ1) is 7.45. The van der Waals surface area contributed by atoms with Gasteiger partial charge in [-0.1, -0.05) is 13.8 Å². The van der Waals surface area contributed by atoms with Crippen LogP contribution in [0.3, 0.4) is 0 Å². The van der Waals surface area contributed by atoms with Gasteiger partial charge < -0.3 is 5.73 Å². The van der Waals surface area contributed by atoms with Crippen LogP contribution in [0.25, 0.3) is 0 Å². The van der Waals surface area contributed by atoms with Crippen LogP contribution in [-0.4, -0.2) is 17.7 Å². The fourth-order valence-electron chi connectivity index (χ4n) is 1.78. The molecule has 1 rings (SSSR count). The second-order valence-corrected chi connectivity index (χ2v) is 5.90. The summed E-state index contributed by atoms with van der Waals surface area (Å²) >= 11 is 1.59. The Bertz CT molecular complexity index is 316. The monoisotopic (exact) mass is 244 g/mol. The van der Waals surface area contributed by atoms with Crippen molar-refractivity contribution in [1.29, 1.82) is 0 Å². The molecule has 4 heteroatoms. The molecular weight excluding hydrogens is 223 g/mol. The summed E-state index contributed by atoms with van der Waals surface area (Å²) in [7, 11) is 0. The summed E-state index contributed by atoms with van der Waals surface area (Å²) < 4.78 is 14.0. The highest BCUT2D eigenvalue weighted by Crippen LogP contribution is 2.24. The minimum Gasteiger partial charge on any atom is -0.330 e. The molecule has 16 heavy (non-hydrogen) atoms. The Hall–Kier alpha value is -0.480. The number of hydrogen-bond donors (Lipinski definition) is 1. The second-order valence-electron chi connectivity index (χ2n) is 4.61. The first kappa shape index (κ1) is 13.6. The Morgan fingerprint density at radius 2 is 2.00 bits per heavy atom. The van der Waals surface area contributed by atoms with Crippen molar-refractivity contribution in [2.24, 2.45) is 17.6 Å². The van der Waals surface area contributed by atoms with Gasteiger partial charge in [0.15, 0.2) is 0 Å². The molecule has 0 aliphatic rings. The molecule has 2 atom stereocenters. The molecule has 0 spiro atoms. The first-order valence-corrected chi connectivity index (χ1v) is 6.54. The molecule has 0 aliphatic heterocycles. The summed E-state index contributed by atoms with van der Waals surface area (Å²) in [4.78, 5) is 5.54. The molecule has 0 bridgehead atoms. The van der Waals surface area contributed by atoms with Gasteiger partial charge in [0.05, 0.1) is 10.7 Å². The third-order valence-corrected chi connectivity index (χ3v) is 4.13. The molecule has 1 aromatic rings. The molecule has 2 unspecified atom stereocenters. The van der Waals surface area contributed by atoms with Crippen molar-refractivity contribution in [2.75, 3.05) is 6.54 Å². The van der Waals surface area contributed by atoms with Gasteiger partial charge in [0.2, 0.25) is 0 Å². The maximum Gasteiger partial charge on any atom is 0.111 e. The number of nitrogens with zero attached hydrogens (tertiary/aromatic N) is 1. The van der Waals surface area contributed by atoms with Gasteiger partial charge in [0.25, 0.3) is 0 Å². The van der Waals surface area contributed by atoms with Gasteiger partial charge in [0, 0.05) is 17.2 Å².